The van der Waals surface area contributed by atoms with Gasteiger partial charge in [0.05, 0.1) is 11.1 Å². The van der Waals surface area contributed by atoms with Crippen molar-refractivity contribution in [1.29, 1.82) is 0 Å². The fourth-order valence-electron chi connectivity index (χ4n) is 2.68. The van der Waals surface area contributed by atoms with Gasteiger partial charge < -0.3 is 0 Å². The molecule has 0 radical (unpaired) electrons. The van der Waals surface area contributed by atoms with Crippen LogP contribution in [0.3, 0.4) is 0 Å². The molecular formula is C21H12F3N3. The SMILES string of the molecule is FC(F)(F)c1ccc(C#Cc2nc(-c3ccccn3)n3ccccc23)cc1. The molecule has 0 aliphatic carbocycles. The van der Waals surface area contributed by atoms with Gasteiger partial charge in [-0.25, -0.2) is 4.98 Å². The first-order valence-corrected chi connectivity index (χ1v) is 8.10. The van der Waals surface area contributed by atoms with E-state index in [0.29, 0.717) is 22.8 Å². The molecule has 3 aromatic heterocycles. The lowest BCUT2D eigenvalue weighted by Crippen LogP contribution is -2.04. The van der Waals surface area contributed by atoms with Crippen molar-refractivity contribution in [3.8, 4) is 23.4 Å². The van der Waals surface area contributed by atoms with Crippen LogP contribution in [0.5, 0.6) is 0 Å². The smallest absolute Gasteiger partial charge is 0.297 e. The topological polar surface area (TPSA) is 30.2 Å². The van der Waals surface area contributed by atoms with Gasteiger partial charge in [0.15, 0.2) is 5.82 Å². The van der Waals surface area contributed by atoms with Crippen LogP contribution in [0.4, 0.5) is 13.2 Å². The third-order valence-corrected chi connectivity index (χ3v) is 3.98. The van der Waals surface area contributed by atoms with Crippen molar-refractivity contribution in [2.24, 2.45) is 0 Å². The van der Waals surface area contributed by atoms with Crippen molar-refractivity contribution in [1.82, 2.24) is 14.4 Å². The van der Waals surface area contributed by atoms with E-state index in [4.69, 9.17) is 0 Å². The van der Waals surface area contributed by atoms with Crippen molar-refractivity contribution in [3.05, 3.63) is 89.9 Å². The van der Waals surface area contributed by atoms with Crippen LogP contribution < -0.4 is 0 Å². The summed E-state index contributed by atoms with van der Waals surface area (Å²) in [6.07, 6.45) is -0.799. The van der Waals surface area contributed by atoms with Crippen molar-refractivity contribution in [3.63, 3.8) is 0 Å². The summed E-state index contributed by atoms with van der Waals surface area (Å²) in [6, 6.07) is 16.0. The van der Waals surface area contributed by atoms with Crippen LogP contribution in [0.25, 0.3) is 17.0 Å². The van der Waals surface area contributed by atoms with Crippen LogP contribution in [0.1, 0.15) is 16.8 Å². The number of halogens is 3. The molecule has 0 N–H and O–H groups in total. The Kier molecular flexibility index (Phi) is 4.13. The van der Waals surface area contributed by atoms with Gasteiger partial charge in [0.1, 0.15) is 11.4 Å². The second kappa shape index (κ2) is 6.61. The monoisotopic (exact) mass is 363 g/mol. The second-order valence-corrected chi connectivity index (χ2v) is 5.78. The molecule has 0 aliphatic heterocycles. The zero-order valence-corrected chi connectivity index (χ0v) is 13.9. The minimum atomic E-state index is -4.36. The fraction of sp³-hybridized carbons (Fsp3) is 0.0476. The van der Waals surface area contributed by atoms with Gasteiger partial charge >= 0.3 is 6.18 Å². The quantitative estimate of drug-likeness (QED) is 0.454. The molecule has 0 bridgehead atoms. The van der Waals surface area contributed by atoms with Gasteiger partial charge in [-0.3, -0.25) is 9.38 Å². The van der Waals surface area contributed by atoms with E-state index in [1.807, 2.05) is 47.0 Å². The van der Waals surface area contributed by atoms with Crippen LogP contribution >= 0.6 is 0 Å². The Morgan fingerprint density at radius 3 is 2.33 bits per heavy atom. The maximum Gasteiger partial charge on any atom is 0.416 e. The van der Waals surface area contributed by atoms with Gasteiger partial charge in [0.2, 0.25) is 0 Å². The molecule has 3 heterocycles. The van der Waals surface area contributed by atoms with Crippen molar-refractivity contribution in [2.75, 3.05) is 0 Å². The highest BCUT2D eigenvalue weighted by atomic mass is 19.4. The number of aromatic nitrogens is 3. The lowest BCUT2D eigenvalue weighted by Gasteiger charge is -2.05. The van der Waals surface area contributed by atoms with Gasteiger partial charge in [-0.05, 0) is 54.5 Å². The zero-order chi connectivity index (χ0) is 18.9. The van der Waals surface area contributed by atoms with Gasteiger partial charge in [-0.2, -0.15) is 13.2 Å². The first kappa shape index (κ1) is 16.9. The molecule has 0 saturated heterocycles. The van der Waals surface area contributed by atoms with E-state index in [-0.39, 0.29) is 0 Å². The van der Waals surface area contributed by atoms with Crippen molar-refractivity contribution < 1.29 is 13.2 Å². The number of rotatable bonds is 1. The van der Waals surface area contributed by atoms with Crippen LogP contribution in [-0.4, -0.2) is 14.4 Å². The molecule has 4 rings (SSSR count). The predicted molar refractivity (Wildman–Crippen MR) is 95.8 cm³/mol. The lowest BCUT2D eigenvalue weighted by atomic mass is 10.1. The average molecular weight is 363 g/mol. The highest BCUT2D eigenvalue weighted by Crippen LogP contribution is 2.29. The Balaban J connectivity index is 1.75. The third kappa shape index (κ3) is 3.40. The Hall–Kier alpha value is -3.59. The van der Waals surface area contributed by atoms with E-state index in [2.05, 4.69) is 21.8 Å². The summed E-state index contributed by atoms with van der Waals surface area (Å²) in [6.45, 7) is 0. The van der Waals surface area contributed by atoms with E-state index in [9.17, 15) is 13.2 Å². The molecule has 0 saturated carbocycles. The third-order valence-electron chi connectivity index (χ3n) is 3.98. The molecule has 6 heteroatoms. The average Bonchev–Trinajstić information content (AvgIpc) is 3.06. The summed E-state index contributed by atoms with van der Waals surface area (Å²) in [5, 5.41) is 0. The minimum absolute atomic E-state index is 0.486. The molecule has 3 nitrogen and oxygen atoms in total. The molecule has 0 unspecified atom stereocenters. The number of nitrogens with zero attached hydrogens (tertiary/aromatic N) is 3. The fourth-order valence-corrected chi connectivity index (χ4v) is 2.68. The molecular weight excluding hydrogens is 351 g/mol. The van der Waals surface area contributed by atoms with Crippen molar-refractivity contribution in [2.45, 2.75) is 6.18 Å². The summed E-state index contributed by atoms with van der Waals surface area (Å²) in [5.41, 5.74) is 1.84. The normalized spacial score (nSPS) is 11.2. The molecule has 132 valence electrons. The number of imidazole rings is 1. The van der Waals surface area contributed by atoms with Gasteiger partial charge in [-0.15, -0.1) is 0 Å². The van der Waals surface area contributed by atoms with Crippen molar-refractivity contribution >= 4 is 5.52 Å². The first-order chi connectivity index (χ1) is 13.0. The number of hydrogen-bond acceptors (Lipinski definition) is 2. The molecule has 0 fully saturated rings. The number of benzene rings is 1. The molecule has 0 aliphatic rings. The Labute approximate surface area is 153 Å². The van der Waals surface area contributed by atoms with Crippen LogP contribution in [0.2, 0.25) is 0 Å². The standard InChI is InChI=1S/C21H12F3N3/c22-21(23,24)16-10-7-15(8-11-16)9-12-17-19-6-2-4-14-27(19)20(26-17)18-5-1-3-13-25-18/h1-8,10-11,13-14H. The Morgan fingerprint density at radius 2 is 1.63 bits per heavy atom. The van der Waals surface area contributed by atoms with Gasteiger partial charge in [0.25, 0.3) is 0 Å². The van der Waals surface area contributed by atoms with Crippen LogP contribution in [0, 0.1) is 11.8 Å². The number of pyridine rings is 2. The molecule has 0 atom stereocenters. The van der Waals surface area contributed by atoms with Gasteiger partial charge in [0, 0.05) is 18.0 Å². The zero-order valence-electron chi connectivity index (χ0n) is 13.9. The molecule has 27 heavy (non-hydrogen) atoms. The molecule has 0 amide bonds. The largest absolute Gasteiger partial charge is 0.416 e. The maximum absolute atomic E-state index is 12.7. The van der Waals surface area contributed by atoms with Gasteiger partial charge in [-0.1, -0.05) is 18.1 Å². The molecule has 4 aromatic rings. The van der Waals surface area contributed by atoms with Crippen LogP contribution in [0.15, 0.2) is 73.1 Å². The highest BCUT2D eigenvalue weighted by Gasteiger charge is 2.29. The number of hydrogen-bond donors (Lipinski definition) is 0. The molecule has 0 spiro atoms. The van der Waals surface area contributed by atoms with E-state index in [1.165, 1.54) is 12.1 Å². The lowest BCUT2D eigenvalue weighted by molar-refractivity contribution is -0.137. The number of alkyl halides is 3. The molecule has 1 aromatic carbocycles. The first-order valence-electron chi connectivity index (χ1n) is 8.10. The second-order valence-electron chi connectivity index (χ2n) is 5.78. The van der Waals surface area contributed by atoms with E-state index in [0.717, 1.165) is 17.6 Å². The summed E-state index contributed by atoms with van der Waals surface area (Å²) < 4.78 is 39.9. The summed E-state index contributed by atoms with van der Waals surface area (Å²) in [7, 11) is 0. The predicted octanol–water partition coefficient (Wildman–Crippen LogP) is 4.81. The summed E-state index contributed by atoms with van der Waals surface area (Å²) >= 11 is 0. The Bertz CT molecular complexity index is 1150. The van der Waals surface area contributed by atoms with E-state index < -0.39 is 11.7 Å². The highest BCUT2D eigenvalue weighted by molar-refractivity contribution is 5.67. The van der Waals surface area contributed by atoms with Crippen LogP contribution in [-0.2, 0) is 6.18 Å². The minimum Gasteiger partial charge on any atom is -0.297 e. The summed E-state index contributed by atoms with van der Waals surface area (Å²) in [5.74, 6) is 6.50. The summed E-state index contributed by atoms with van der Waals surface area (Å²) in [4.78, 5) is 8.90. The Morgan fingerprint density at radius 1 is 0.852 bits per heavy atom. The van der Waals surface area contributed by atoms with E-state index >= 15 is 0 Å². The van der Waals surface area contributed by atoms with E-state index in [1.54, 1.807) is 6.20 Å². The maximum atomic E-state index is 12.7. The number of fused-ring (bicyclic) bond motifs is 1.